The molecule has 1 N–H and O–H groups in total. The topological polar surface area (TPSA) is 78.2 Å². The Morgan fingerprint density at radius 3 is 2.37 bits per heavy atom. The van der Waals surface area contributed by atoms with Crippen molar-refractivity contribution in [2.45, 2.75) is 43.1 Å². The Balaban J connectivity index is 1.78. The average Bonchev–Trinajstić information content (AvgIpc) is 2.63. The van der Waals surface area contributed by atoms with Gasteiger partial charge in [-0.25, -0.2) is 8.42 Å². The van der Waals surface area contributed by atoms with E-state index in [2.05, 4.69) is 6.07 Å². The van der Waals surface area contributed by atoms with Crippen LogP contribution in [0, 0.1) is 17.2 Å². The maximum Gasteiger partial charge on any atom is 0.178 e. The quantitative estimate of drug-likeness (QED) is 0.809. The summed E-state index contributed by atoms with van der Waals surface area (Å²) in [5, 5.41) is 19.3. The highest BCUT2D eigenvalue weighted by Gasteiger charge is 2.31. The van der Waals surface area contributed by atoms with Gasteiger partial charge in [0.15, 0.2) is 9.84 Å². The molecule has 0 spiro atoms. The molecule has 0 saturated heterocycles. The summed E-state index contributed by atoms with van der Waals surface area (Å²) in [4.78, 5) is 0.224. The fourth-order valence-corrected chi connectivity index (χ4v) is 5.59. The minimum atomic E-state index is -3.44. The van der Waals surface area contributed by atoms with Crippen molar-refractivity contribution in [3.63, 3.8) is 0 Å². The number of rotatable bonds is 4. The largest absolute Gasteiger partial charge is 0.390 e. The fraction of sp³-hybridized carbons (Fsp3) is 0.381. The van der Waals surface area contributed by atoms with Gasteiger partial charge in [0.25, 0.3) is 0 Å². The van der Waals surface area contributed by atoms with Crippen LogP contribution < -0.4 is 0 Å². The van der Waals surface area contributed by atoms with Crippen LogP contribution >= 0.6 is 11.6 Å². The molecule has 0 amide bonds. The molecule has 1 saturated carbocycles. The molecule has 0 aliphatic heterocycles. The third-order valence-corrected chi connectivity index (χ3v) is 7.46. The third kappa shape index (κ3) is 4.70. The summed E-state index contributed by atoms with van der Waals surface area (Å²) in [6.45, 7) is 1.80. The average molecular weight is 404 g/mol. The molecular formula is C21H22ClNO3S. The zero-order valence-electron chi connectivity index (χ0n) is 15.2. The number of sulfone groups is 1. The minimum absolute atomic E-state index is 0.0622. The van der Waals surface area contributed by atoms with Crippen LogP contribution in [0.2, 0.25) is 5.02 Å². The van der Waals surface area contributed by atoms with E-state index in [4.69, 9.17) is 16.9 Å². The SMILES string of the molecule is C[C@]1(O)CC[C@H](CS(=O)(=O)c2ccc(-c3ccc(C#N)cc3)c(Cl)c2)CC1. The van der Waals surface area contributed by atoms with Gasteiger partial charge in [0.2, 0.25) is 0 Å². The zero-order chi connectivity index (χ0) is 19.7. The molecule has 0 radical (unpaired) electrons. The minimum Gasteiger partial charge on any atom is -0.390 e. The summed E-state index contributed by atoms with van der Waals surface area (Å²) in [5.74, 6) is 0.141. The number of benzene rings is 2. The van der Waals surface area contributed by atoms with E-state index < -0.39 is 15.4 Å². The molecule has 2 aromatic carbocycles. The number of nitriles is 1. The molecule has 0 unspecified atom stereocenters. The van der Waals surface area contributed by atoms with Crippen molar-refractivity contribution < 1.29 is 13.5 Å². The van der Waals surface area contributed by atoms with Gasteiger partial charge in [-0.3, -0.25) is 0 Å². The van der Waals surface area contributed by atoms with Crippen LogP contribution in [0.25, 0.3) is 11.1 Å². The van der Waals surface area contributed by atoms with E-state index in [0.717, 1.165) is 11.1 Å². The molecule has 27 heavy (non-hydrogen) atoms. The van der Waals surface area contributed by atoms with Crippen molar-refractivity contribution >= 4 is 21.4 Å². The lowest BCUT2D eigenvalue weighted by molar-refractivity contribution is 0.0108. The van der Waals surface area contributed by atoms with E-state index in [1.54, 1.807) is 43.3 Å². The first-order valence-corrected chi connectivity index (χ1v) is 11.0. The van der Waals surface area contributed by atoms with Crippen molar-refractivity contribution in [2.75, 3.05) is 5.75 Å². The lowest BCUT2D eigenvalue weighted by Crippen LogP contribution is -2.32. The van der Waals surface area contributed by atoms with E-state index in [1.807, 2.05) is 0 Å². The van der Waals surface area contributed by atoms with Crippen molar-refractivity contribution in [2.24, 2.45) is 5.92 Å². The van der Waals surface area contributed by atoms with Crippen LogP contribution in [0.4, 0.5) is 0 Å². The number of hydrogen-bond acceptors (Lipinski definition) is 4. The molecule has 0 aromatic heterocycles. The summed E-state index contributed by atoms with van der Waals surface area (Å²) in [7, 11) is -3.44. The molecule has 1 aliphatic rings. The molecule has 0 atom stereocenters. The number of aliphatic hydroxyl groups is 1. The van der Waals surface area contributed by atoms with Crippen LogP contribution in [0.1, 0.15) is 38.2 Å². The Bertz CT molecular complexity index is 965. The van der Waals surface area contributed by atoms with E-state index in [1.165, 1.54) is 6.07 Å². The van der Waals surface area contributed by atoms with Crippen LogP contribution in [-0.4, -0.2) is 24.9 Å². The Hall–Kier alpha value is -1.87. The van der Waals surface area contributed by atoms with Gasteiger partial charge in [0, 0.05) is 10.6 Å². The smallest absolute Gasteiger partial charge is 0.178 e. The van der Waals surface area contributed by atoms with E-state index in [-0.39, 0.29) is 16.6 Å². The zero-order valence-corrected chi connectivity index (χ0v) is 16.7. The van der Waals surface area contributed by atoms with Gasteiger partial charge in [-0.2, -0.15) is 5.26 Å². The first kappa shape index (κ1) is 19.9. The molecule has 2 aromatic rings. The maximum atomic E-state index is 12.8. The third-order valence-electron chi connectivity index (χ3n) is 5.26. The summed E-state index contributed by atoms with van der Waals surface area (Å²) in [6, 6.07) is 13.9. The first-order valence-electron chi connectivity index (χ1n) is 8.95. The van der Waals surface area contributed by atoms with Gasteiger partial charge in [-0.05, 0) is 68.4 Å². The number of nitrogens with zero attached hydrogens (tertiary/aromatic N) is 1. The van der Waals surface area contributed by atoms with E-state index >= 15 is 0 Å². The second kappa shape index (κ2) is 7.63. The highest BCUT2D eigenvalue weighted by atomic mass is 35.5. The van der Waals surface area contributed by atoms with Gasteiger partial charge >= 0.3 is 0 Å². The summed E-state index contributed by atoms with van der Waals surface area (Å²) in [6.07, 6.45) is 2.68. The Morgan fingerprint density at radius 1 is 1.19 bits per heavy atom. The standard InChI is InChI=1S/C21H22ClNO3S/c1-21(24)10-8-16(9-11-21)14-27(25,26)18-6-7-19(20(22)12-18)17-4-2-15(13-23)3-5-17/h2-7,12,16,24H,8-11,14H2,1H3/t16-,21-. The van der Waals surface area contributed by atoms with Crippen LogP contribution in [0.5, 0.6) is 0 Å². The van der Waals surface area contributed by atoms with E-state index in [9.17, 15) is 13.5 Å². The molecule has 6 heteroatoms. The Kier molecular flexibility index (Phi) is 5.62. The second-order valence-corrected chi connectivity index (χ2v) is 9.99. The highest BCUT2D eigenvalue weighted by molar-refractivity contribution is 7.91. The Morgan fingerprint density at radius 2 is 1.81 bits per heavy atom. The fourth-order valence-electron chi connectivity index (χ4n) is 3.52. The molecule has 0 bridgehead atoms. The van der Waals surface area contributed by atoms with Gasteiger partial charge in [-0.1, -0.05) is 29.8 Å². The van der Waals surface area contributed by atoms with Crippen molar-refractivity contribution in [3.8, 4) is 17.2 Å². The van der Waals surface area contributed by atoms with Crippen LogP contribution in [-0.2, 0) is 9.84 Å². The molecule has 1 aliphatic carbocycles. The molecule has 4 nitrogen and oxygen atoms in total. The Labute approximate surface area is 165 Å². The van der Waals surface area contributed by atoms with E-state index in [0.29, 0.717) is 36.3 Å². The van der Waals surface area contributed by atoms with Crippen LogP contribution in [0.15, 0.2) is 47.4 Å². The van der Waals surface area contributed by atoms with Crippen LogP contribution in [0.3, 0.4) is 0 Å². The maximum absolute atomic E-state index is 12.8. The summed E-state index contributed by atoms with van der Waals surface area (Å²) < 4.78 is 25.6. The lowest BCUT2D eigenvalue weighted by atomic mass is 9.81. The number of hydrogen-bond donors (Lipinski definition) is 1. The summed E-state index contributed by atoms with van der Waals surface area (Å²) >= 11 is 6.36. The second-order valence-electron chi connectivity index (χ2n) is 7.55. The number of halogens is 1. The first-order chi connectivity index (χ1) is 12.7. The molecule has 0 heterocycles. The normalized spacial score (nSPS) is 23.0. The predicted octanol–water partition coefficient (Wildman–Crippen LogP) is 4.59. The van der Waals surface area contributed by atoms with Crippen molar-refractivity contribution in [1.29, 1.82) is 5.26 Å². The molecular weight excluding hydrogens is 382 g/mol. The monoisotopic (exact) mass is 403 g/mol. The van der Waals surface area contributed by atoms with Gasteiger partial charge in [-0.15, -0.1) is 0 Å². The van der Waals surface area contributed by atoms with Gasteiger partial charge in [0.05, 0.1) is 27.9 Å². The van der Waals surface area contributed by atoms with Gasteiger partial charge in [0.1, 0.15) is 0 Å². The summed E-state index contributed by atoms with van der Waals surface area (Å²) in [5.41, 5.74) is 1.44. The van der Waals surface area contributed by atoms with Crippen molar-refractivity contribution in [3.05, 3.63) is 53.1 Å². The predicted molar refractivity (Wildman–Crippen MR) is 106 cm³/mol. The van der Waals surface area contributed by atoms with Crippen molar-refractivity contribution in [1.82, 2.24) is 0 Å². The molecule has 142 valence electrons. The molecule has 1 fully saturated rings. The lowest BCUT2D eigenvalue weighted by Gasteiger charge is -2.32. The van der Waals surface area contributed by atoms with Gasteiger partial charge < -0.3 is 5.11 Å². The molecule has 3 rings (SSSR count). The highest BCUT2D eigenvalue weighted by Crippen LogP contribution is 2.35.